The van der Waals surface area contributed by atoms with Gasteiger partial charge in [-0.3, -0.25) is 0 Å². The van der Waals surface area contributed by atoms with Crippen LogP contribution in [0.1, 0.15) is 16.8 Å². The third-order valence-corrected chi connectivity index (χ3v) is 2.69. The molecular formula is C15H11N3. The third kappa shape index (κ3) is 2.31. The van der Waals surface area contributed by atoms with Gasteiger partial charge >= 0.3 is 0 Å². The topological polar surface area (TPSA) is 52.5 Å². The predicted octanol–water partition coefficient (Wildman–Crippen LogP) is 2.96. The van der Waals surface area contributed by atoms with Gasteiger partial charge in [0, 0.05) is 13.2 Å². The Morgan fingerprint density at radius 1 is 1.17 bits per heavy atom. The molecular weight excluding hydrogens is 222 g/mol. The summed E-state index contributed by atoms with van der Waals surface area (Å²) in [4.78, 5) is 0. The molecule has 2 rings (SSSR count). The zero-order valence-corrected chi connectivity index (χ0v) is 9.96. The van der Waals surface area contributed by atoms with Crippen LogP contribution in [0.2, 0.25) is 0 Å². The molecule has 1 aromatic heterocycles. The van der Waals surface area contributed by atoms with E-state index in [-0.39, 0.29) is 0 Å². The average Bonchev–Trinajstić information content (AvgIpc) is 2.83. The highest BCUT2D eigenvalue weighted by Gasteiger charge is 2.04. The highest BCUT2D eigenvalue weighted by atomic mass is 14.9. The van der Waals surface area contributed by atoms with Gasteiger partial charge in [0.1, 0.15) is 6.07 Å². The van der Waals surface area contributed by atoms with Gasteiger partial charge in [-0.2, -0.15) is 10.5 Å². The van der Waals surface area contributed by atoms with Crippen LogP contribution in [0, 0.1) is 22.7 Å². The van der Waals surface area contributed by atoms with Crippen LogP contribution in [-0.2, 0) is 7.05 Å². The van der Waals surface area contributed by atoms with Gasteiger partial charge in [0.05, 0.1) is 22.9 Å². The van der Waals surface area contributed by atoms with Crippen LogP contribution < -0.4 is 0 Å². The smallest absolute Gasteiger partial charge is 0.101 e. The van der Waals surface area contributed by atoms with Crippen molar-refractivity contribution in [3.8, 4) is 12.1 Å². The van der Waals surface area contributed by atoms with Crippen molar-refractivity contribution < 1.29 is 0 Å². The van der Waals surface area contributed by atoms with Crippen LogP contribution in [0.15, 0.2) is 42.6 Å². The lowest BCUT2D eigenvalue weighted by Gasteiger charge is -2.01. The third-order valence-electron chi connectivity index (χ3n) is 2.69. The molecule has 3 heteroatoms. The number of aromatic nitrogens is 1. The monoisotopic (exact) mass is 233 g/mol. The number of nitriles is 2. The Bertz CT molecular complexity index is 661. The molecule has 0 aliphatic heterocycles. The summed E-state index contributed by atoms with van der Waals surface area (Å²) in [6, 6.07) is 15.2. The van der Waals surface area contributed by atoms with Gasteiger partial charge in [0.15, 0.2) is 0 Å². The number of rotatable bonds is 2. The molecule has 0 amide bonds. The van der Waals surface area contributed by atoms with Crippen molar-refractivity contribution in [2.24, 2.45) is 7.05 Å². The molecule has 0 spiro atoms. The highest BCUT2D eigenvalue weighted by Crippen LogP contribution is 2.17. The summed E-state index contributed by atoms with van der Waals surface area (Å²) in [6.45, 7) is 0. The molecule has 0 saturated heterocycles. The molecule has 0 atom stereocenters. The lowest BCUT2D eigenvalue weighted by molar-refractivity contribution is 0.911. The van der Waals surface area contributed by atoms with E-state index in [1.54, 1.807) is 12.1 Å². The quantitative estimate of drug-likeness (QED) is 0.749. The summed E-state index contributed by atoms with van der Waals surface area (Å²) < 4.78 is 1.90. The van der Waals surface area contributed by atoms with Gasteiger partial charge in [-0.25, -0.2) is 0 Å². The maximum Gasteiger partial charge on any atom is 0.101 e. The van der Waals surface area contributed by atoms with Crippen molar-refractivity contribution in [2.45, 2.75) is 0 Å². The first-order chi connectivity index (χ1) is 8.74. The highest BCUT2D eigenvalue weighted by molar-refractivity contribution is 5.88. The van der Waals surface area contributed by atoms with Gasteiger partial charge in [0.2, 0.25) is 0 Å². The Labute approximate surface area is 106 Å². The van der Waals surface area contributed by atoms with Crippen LogP contribution >= 0.6 is 0 Å². The number of hydrogen-bond donors (Lipinski definition) is 0. The maximum absolute atomic E-state index is 9.20. The standard InChI is InChI=1S/C15H11N3/c1-18-8-2-3-15(18)14(11-17)9-12-4-6-13(10-16)7-5-12/h2-9H,1H3/b14-9-. The van der Waals surface area contributed by atoms with E-state index in [2.05, 4.69) is 12.1 Å². The Morgan fingerprint density at radius 2 is 1.89 bits per heavy atom. The second-order valence-electron chi connectivity index (χ2n) is 3.91. The van der Waals surface area contributed by atoms with Crippen molar-refractivity contribution in [1.82, 2.24) is 4.57 Å². The van der Waals surface area contributed by atoms with Crippen LogP contribution in [0.25, 0.3) is 11.6 Å². The molecule has 3 nitrogen and oxygen atoms in total. The Morgan fingerprint density at radius 3 is 2.39 bits per heavy atom. The van der Waals surface area contributed by atoms with Gasteiger partial charge < -0.3 is 4.57 Å². The summed E-state index contributed by atoms with van der Waals surface area (Å²) in [5, 5.41) is 17.9. The summed E-state index contributed by atoms with van der Waals surface area (Å²) in [6.07, 6.45) is 3.72. The van der Waals surface area contributed by atoms with Gasteiger partial charge in [-0.1, -0.05) is 12.1 Å². The van der Waals surface area contributed by atoms with Crippen LogP contribution in [0.5, 0.6) is 0 Å². The molecule has 0 bridgehead atoms. The summed E-state index contributed by atoms with van der Waals surface area (Å²) in [5.41, 5.74) is 3.00. The van der Waals surface area contributed by atoms with Crippen molar-refractivity contribution in [3.63, 3.8) is 0 Å². The van der Waals surface area contributed by atoms with E-state index in [4.69, 9.17) is 5.26 Å². The summed E-state index contributed by atoms with van der Waals surface area (Å²) in [7, 11) is 1.90. The molecule has 0 N–H and O–H groups in total. The van der Waals surface area contributed by atoms with E-state index in [1.807, 2.05) is 48.2 Å². The van der Waals surface area contributed by atoms with E-state index in [9.17, 15) is 5.26 Å². The van der Waals surface area contributed by atoms with Crippen molar-refractivity contribution in [3.05, 3.63) is 59.4 Å². The van der Waals surface area contributed by atoms with E-state index in [0.29, 0.717) is 11.1 Å². The second-order valence-corrected chi connectivity index (χ2v) is 3.91. The van der Waals surface area contributed by atoms with Crippen LogP contribution in [0.4, 0.5) is 0 Å². The minimum absolute atomic E-state index is 0.604. The number of nitrogens with zero attached hydrogens (tertiary/aromatic N) is 3. The zero-order valence-electron chi connectivity index (χ0n) is 9.96. The first kappa shape index (κ1) is 11.7. The lowest BCUT2D eigenvalue weighted by Crippen LogP contribution is -1.92. The number of aryl methyl sites for hydroxylation is 1. The summed E-state index contributed by atoms with van der Waals surface area (Å²) in [5.74, 6) is 0. The Balaban J connectivity index is 2.39. The molecule has 0 aliphatic carbocycles. The normalized spacial score (nSPS) is 10.7. The largest absolute Gasteiger partial charge is 0.350 e. The SMILES string of the molecule is Cn1cccc1/C(C#N)=C\c1ccc(C#N)cc1. The molecule has 0 unspecified atom stereocenters. The van der Waals surface area contributed by atoms with E-state index < -0.39 is 0 Å². The van der Waals surface area contributed by atoms with Crippen molar-refractivity contribution >= 4 is 11.6 Å². The fraction of sp³-hybridized carbons (Fsp3) is 0.0667. The minimum atomic E-state index is 0.604. The first-order valence-corrected chi connectivity index (χ1v) is 5.48. The summed E-state index contributed by atoms with van der Waals surface area (Å²) >= 11 is 0. The molecule has 0 aliphatic rings. The van der Waals surface area contributed by atoms with Crippen LogP contribution in [-0.4, -0.2) is 4.57 Å². The molecule has 0 saturated carbocycles. The molecule has 0 fully saturated rings. The predicted molar refractivity (Wildman–Crippen MR) is 70.1 cm³/mol. The van der Waals surface area contributed by atoms with Gasteiger partial charge in [-0.15, -0.1) is 0 Å². The number of benzene rings is 1. The van der Waals surface area contributed by atoms with E-state index in [1.165, 1.54) is 0 Å². The van der Waals surface area contributed by atoms with Crippen molar-refractivity contribution in [1.29, 1.82) is 10.5 Å². The average molecular weight is 233 g/mol. The fourth-order valence-electron chi connectivity index (χ4n) is 1.72. The van der Waals surface area contributed by atoms with E-state index in [0.717, 1.165) is 11.3 Å². The molecule has 0 radical (unpaired) electrons. The van der Waals surface area contributed by atoms with Crippen LogP contribution in [0.3, 0.4) is 0 Å². The minimum Gasteiger partial charge on any atom is -0.350 e. The number of hydrogen-bond acceptors (Lipinski definition) is 2. The number of allylic oxidation sites excluding steroid dienone is 1. The van der Waals surface area contributed by atoms with Gasteiger partial charge in [-0.05, 0) is 35.9 Å². The molecule has 86 valence electrons. The lowest BCUT2D eigenvalue weighted by atomic mass is 10.1. The second kappa shape index (κ2) is 5.03. The fourth-order valence-corrected chi connectivity index (χ4v) is 1.72. The van der Waals surface area contributed by atoms with Gasteiger partial charge in [0.25, 0.3) is 0 Å². The van der Waals surface area contributed by atoms with E-state index >= 15 is 0 Å². The molecule has 2 aromatic rings. The zero-order chi connectivity index (χ0) is 13.0. The first-order valence-electron chi connectivity index (χ1n) is 5.48. The van der Waals surface area contributed by atoms with Crippen molar-refractivity contribution in [2.75, 3.05) is 0 Å². The Kier molecular flexibility index (Phi) is 3.27. The Hall–Kier alpha value is -2.78. The maximum atomic E-state index is 9.20. The molecule has 1 aromatic carbocycles. The molecule has 1 heterocycles. The molecule has 18 heavy (non-hydrogen) atoms.